The number of carboxylic acids is 1. The van der Waals surface area contributed by atoms with E-state index >= 15 is 0 Å². The Morgan fingerprint density at radius 2 is 2.00 bits per heavy atom. The normalized spacial score (nSPS) is 13.8. The largest absolute Gasteiger partial charge is 0.480 e. The number of rotatable bonds is 4. The van der Waals surface area contributed by atoms with Gasteiger partial charge in [0.05, 0.1) is 6.10 Å². The molecule has 3 N–H and O–H groups in total. The first-order valence-corrected chi connectivity index (χ1v) is 6.10. The van der Waals surface area contributed by atoms with E-state index in [2.05, 4.69) is 21.2 Å². The Kier molecular flexibility index (Phi) is 4.86. The van der Waals surface area contributed by atoms with Crippen molar-refractivity contribution in [3.05, 3.63) is 33.8 Å². The zero-order valence-corrected chi connectivity index (χ0v) is 11.6. The van der Waals surface area contributed by atoms with E-state index in [0.29, 0.717) is 5.56 Å². The van der Waals surface area contributed by atoms with Crippen molar-refractivity contribution in [2.24, 2.45) is 0 Å². The summed E-state index contributed by atoms with van der Waals surface area (Å²) >= 11 is 3.29. The Morgan fingerprint density at radius 1 is 1.39 bits per heavy atom. The number of aryl methyl sites for hydroxylation is 1. The van der Waals surface area contributed by atoms with Crippen LogP contribution in [0.3, 0.4) is 0 Å². The van der Waals surface area contributed by atoms with Crippen LogP contribution in [0, 0.1) is 6.92 Å². The molecule has 1 amide bonds. The van der Waals surface area contributed by atoms with Crippen LogP contribution in [0.15, 0.2) is 22.7 Å². The van der Waals surface area contributed by atoms with Crippen molar-refractivity contribution in [3.63, 3.8) is 0 Å². The molecule has 0 aromatic heterocycles. The smallest absolute Gasteiger partial charge is 0.328 e. The standard InChI is InChI=1S/C12H14BrNO4/c1-6-3-4-8(5-9(6)13)11(16)14-10(7(2)15)12(17)18/h3-5,7,10,15H,1-2H3,(H,14,16)(H,17,18). The lowest BCUT2D eigenvalue weighted by Crippen LogP contribution is -2.47. The van der Waals surface area contributed by atoms with Gasteiger partial charge in [-0.15, -0.1) is 0 Å². The van der Waals surface area contributed by atoms with Gasteiger partial charge in [-0.2, -0.15) is 0 Å². The maximum atomic E-state index is 11.8. The number of amides is 1. The van der Waals surface area contributed by atoms with Crippen molar-refractivity contribution in [3.8, 4) is 0 Å². The van der Waals surface area contributed by atoms with Crippen molar-refractivity contribution in [2.75, 3.05) is 0 Å². The third-order valence-corrected chi connectivity index (χ3v) is 3.32. The van der Waals surface area contributed by atoms with E-state index in [4.69, 9.17) is 5.11 Å². The number of carboxylic acid groups (broad SMARTS) is 1. The van der Waals surface area contributed by atoms with Crippen LogP contribution in [0.25, 0.3) is 0 Å². The van der Waals surface area contributed by atoms with E-state index in [1.54, 1.807) is 18.2 Å². The van der Waals surface area contributed by atoms with Crippen LogP contribution in [-0.4, -0.2) is 34.2 Å². The Morgan fingerprint density at radius 3 is 2.44 bits per heavy atom. The Hall–Kier alpha value is -1.40. The molecule has 1 aromatic rings. The molecule has 1 aromatic carbocycles. The number of carbonyl (C=O) groups excluding carboxylic acids is 1. The molecule has 0 saturated heterocycles. The van der Waals surface area contributed by atoms with Gasteiger partial charge in [-0.1, -0.05) is 22.0 Å². The van der Waals surface area contributed by atoms with Gasteiger partial charge in [-0.05, 0) is 31.5 Å². The highest BCUT2D eigenvalue weighted by molar-refractivity contribution is 9.10. The summed E-state index contributed by atoms with van der Waals surface area (Å²) in [5.74, 6) is -1.81. The third kappa shape index (κ3) is 3.54. The van der Waals surface area contributed by atoms with Crippen LogP contribution in [-0.2, 0) is 4.79 Å². The molecule has 0 aliphatic carbocycles. The lowest BCUT2D eigenvalue weighted by Gasteiger charge is -2.17. The summed E-state index contributed by atoms with van der Waals surface area (Å²) < 4.78 is 0.763. The van der Waals surface area contributed by atoms with Crippen molar-refractivity contribution in [2.45, 2.75) is 26.0 Å². The molecule has 18 heavy (non-hydrogen) atoms. The van der Waals surface area contributed by atoms with Gasteiger partial charge in [0.25, 0.3) is 5.91 Å². The summed E-state index contributed by atoms with van der Waals surface area (Å²) in [5.41, 5.74) is 1.30. The number of halogens is 1. The second-order valence-corrected chi connectivity index (χ2v) is 4.85. The van der Waals surface area contributed by atoms with Gasteiger partial charge in [0, 0.05) is 10.0 Å². The Labute approximate surface area is 113 Å². The van der Waals surface area contributed by atoms with Gasteiger partial charge >= 0.3 is 5.97 Å². The molecule has 98 valence electrons. The fraction of sp³-hybridized carbons (Fsp3) is 0.333. The van der Waals surface area contributed by atoms with E-state index in [0.717, 1.165) is 10.0 Å². The van der Waals surface area contributed by atoms with Gasteiger partial charge in [0.15, 0.2) is 6.04 Å². The van der Waals surface area contributed by atoms with Gasteiger partial charge in [0.2, 0.25) is 0 Å². The highest BCUT2D eigenvalue weighted by atomic mass is 79.9. The molecule has 0 aliphatic rings. The van der Waals surface area contributed by atoms with Crippen molar-refractivity contribution in [1.82, 2.24) is 5.32 Å². The first-order valence-electron chi connectivity index (χ1n) is 5.31. The summed E-state index contributed by atoms with van der Waals surface area (Å²) in [5, 5.41) is 20.4. The van der Waals surface area contributed by atoms with Gasteiger partial charge < -0.3 is 15.5 Å². The molecule has 0 spiro atoms. The number of nitrogens with one attached hydrogen (secondary N) is 1. The SMILES string of the molecule is Cc1ccc(C(=O)NC(C(=O)O)C(C)O)cc1Br. The van der Waals surface area contributed by atoms with Crippen LogP contribution in [0.5, 0.6) is 0 Å². The zero-order valence-electron chi connectivity index (χ0n) is 9.98. The predicted molar refractivity (Wildman–Crippen MR) is 69.4 cm³/mol. The number of benzene rings is 1. The number of hydrogen-bond acceptors (Lipinski definition) is 3. The molecule has 0 bridgehead atoms. The number of aliphatic hydroxyl groups excluding tert-OH is 1. The molecule has 6 heteroatoms. The van der Waals surface area contributed by atoms with Gasteiger partial charge in [-0.3, -0.25) is 4.79 Å². The fourth-order valence-electron chi connectivity index (χ4n) is 1.35. The summed E-state index contributed by atoms with van der Waals surface area (Å²) in [6.07, 6.45) is -1.17. The number of hydrogen-bond donors (Lipinski definition) is 3. The van der Waals surface area contributed by atoms with Crippen molar-refractivity contribution < 1.29 is 19.8 Å². The summed E-state index contributed by atoms with van der Waals surface area (Å²) in [7, 11) is 0. The van der Waals surface area contributed by atoms with Gasteiger partial charge in [-0.25, -0.2) is 4.79 Å². The van der Waals surface area contributed by atoms with Crippen molar-refractivity contribution in [1.29, 1.82) is 0 Å². The maximum Gasteiger partial charge on any atom is 0.328 e. The van der Waals surface area contributed by atoms with E-state index in [1.807, 2.05) is 6.92 Å². The second-order valence-electron chi connectivity index (χ2n) is 3.99. The third-order valence-electron chi connectivity index (χ3n) is 2.47. The molecule has 0 radical (unpaired) electrons. The average Bonchev–Trinajstić information content (AvgIpc) is 2.28. The van der Waals surface area contributed by atoms with Crippen LogP contribution in [0.1, 0.15) is 22.8 Å². The summed E-state index contributed by atoms with van der Waals surface area (Å²) in [6, 6.07) is 3.62. The molecule has 1 rings (SSSR count). The number of carbonyl (C=O) groups is 2. The first-order chi connectivity index (χ1) is 8.32. The Balaban J connectivity index is 2.87. The van der Waals surface area contributed by atoms with Crippen molar-refractivity contribution >= 4 is 27.8 Å². The number of aliphatic carboxylic acids is 1. The molecule has 2 unspecified atom stereocenters. The van der Waals surface area contributed by atoms with E-state index in [-0.39, 0.29) is 0 Å². The van der Waals surface area contributed by atoms with Crippen LogP contribution < -0.4 is 5.32 Å². The van der Waals surface area contributed by atoms with E-state index in [1.165, 1.54) is 6.92 Å². The topological polar surface area (TPSA) is 86.6 Å². The molecule has 0 heterocycles. The minimum absolute atomic E-state index is 0.333. The van der Waals surface area contributed by atoms with Gasteiger partial charge in [0.1, 0.15) is 0 Å². The molecule has 0 aliphatic heterocycles. The van der Waals surface area contributed by atoms with Crippen LogP contribution in [0.2, 0.25) is 0 Å². The molecular formula is C12H14BrNO4. The highest BCUT2D eigenvalue weighted by Crippen LogP contribution is 2.17. The molecule has 2 atom stereocenters. The molecule has 0 fully saturated rings. The quantitative estimate of drug-likeness (QED) is 0.782. The zero-order chi connectivity index (χ0) is 13.9. The first kappa shape index (κ1) is 14.7. The Bertz CT molecular complexity index is 473. The molecule has 5 nitrogen and oxygen atoms in total. The summed E-state index contributed by atoms with van der Waals surface area (Å²) in [6.45, 7) is 3.19. The lowest BCUT2D eigenvalue weighted by molar-refractivity contribution is -0.141. The molecular weight excluding hydrogens is 302 g/mol. The van der Waals surface area contributed by atoms with Crippen LogP contribution in [0.4, 0.5) is 0 Å². The molecule has 0 saturated carbocycles. The monoisotopic (exact) mass is 315 g/mol. The lowest BCUT2D eigenvalue weighted by atomic mass is 10.1. The van der Waals surface area contributed by atoms with E-state index in [9.17, 15) is 14.7 Å². The number of aliphatic hydroxyl groups is 1. The fourth-order valence-corrected chi connectivity index (χ4v) is 1.73. The minimum atomic E-state index is -1.32. The summed E-state index contributed by atoms with van der Waals surface area (Å²) in [4.78, 5) is 22.7. The van der Waals surface area contributed by atoms with Crippen LogP contribution >= 0.6 is 15.9 Å². The highest BCUT2D eigenvalue weighted by Gasteiger charge is 2.25. The predicted octanol–water partition coefficient (Wildman–Crippen LogP) is 1.32. The second kappa shape index (κ2) is 5.97. The van der Waals surface area contributed by atoms with E-state index < -0.39 is 24.0 Å². The average molecular weight is 316 g/mol. The minimum Gasteiger partial charge on any atom is -0.480 e. The maximum absolute atomic E-state index is 11.8.